The first-order chi connectivity index (χ1) is 8.16. The lowest BCUT2D eigenvalue weighted by atomic mass is 10.2. The van der Waals surface area contributed by atoms with Crippen molar-refractivity contribution in [3.8, 4) is 11.5 Å². The maximum Gasteiger partial charge on any atom is 0.148 e. The Labute approximate surface area is 100 Å². The Morgan fingerprint density at radius 2 is 2.06 bits per heavy atom. The number of aromatic nitrogens is 2. The van der Waals surface area contributed by atoms with Crippen molar-refractivity contribution in [2.45, 2.75) is 19.9 Å². The molecule has 2 heterocycles. The lowest BCUT2D eigenvalue weighted by Crippen LogP contribution is -2.06. The molecule has 0 amide bonds. The minimum absolute atomic E-state index is 0.0656. The van der Waals surface area contributed by atoms with Crippen LogP contribution in [-0.2, 0) is 0 Å². The maximum atomic E-state index is 5.73. The third-order valence-electron chi connectivity index (χ3n) is 2.41. The fourth-order valence-electron chi connectivity index (χ4n) is 1.43. The van der Waals surface area contributed by atoms with Gasteiger partial charge in [0.15, 0.2) is 0 Å². The van der Waals surface area contributed by atoms with Crippen LogP contribution in [0.3, 0.4) is 0 Å². The minimum Gasteiger partial charge on any atom is -0.454 e. The molecule has 0 aliphatic carbocycles. The quantitative estimate of drug-likeness (QED) is 0.878. The molecule has 0 aliphatic rings. The largest absolute Gasteiger partial charge is 0.454 e. The Balaban J connectivity index is 2.17. The Morgan fingerprint density at radius 1 is 1.24 bits per heavy atom. The van der Waals surface area contributed by atoms with Crippen LogP contribution in [0.15, 0.2) is 36.7 Å². The van der Waals surface area contributed by atoms with Gasteiger partial charge in [0, 0.05) is 12.2 Å². The van der Waals surface area contributed by atoms with Crippen LogP contribution in [0.4, 0.5) is 0 Å². The second-order valence-corrected chi connectivity index (χ2v) is 3.90. The summed E-state index contributed by atoms with van der Waals surface area (Å²) in [4.78, 5) is 8.39. The number of rotatable bonds is 3. The molecule has 0 bridgehead atoms. The van der Waals surface area contributed by atoms with E-state index in [0.717, 1.165) is 17.1 Å². The molecule has 0 spiro atoms. The van der Waals surface area contributed by atoms with Gasteiger partial charge in [-0.3, -0.25) is 9.97 Å². The summed E-state index contributed by atoms with van der Waals surface area (Å²) >= 11 is 0. The second-order valence-electron chi connectivity index (χ2n) is 3.90. The van der Waals surface area contributed by atoms with Gasteiger partial charge < -0.3 is 10.5 Å². The van der Waals surface area contributed by atoms with E-state index in [4.69, 9.17) is 10.5 Å². The Morgan fingerprint density at radius 3 is 2.65 bits per heavy atom. The first-order valence-corrected chi connectivity index (χ1v) is 5.48. The zero-order valence-corrected chi connectivity index (χ0v) is 9.92. The standard InChI is InChI=1S/C13H15N3O/c1-9(14)12-6-5-11(8-16-12)17-13-4-3-7-15-10(13)2/h3-9H,14H2,1-2H3. The smallest absolute Gasteiger partial charge is 0.148 e. The van der Waals surface area contributed by atoms with Crippen molar-refractivity contribution in [2.24, 2.45) is 5.73 Å². The molecule has 0 aliphatic heterocycles. The maximum absolute atomic E-state index is 5.73. The van der Waals surface area contributed by atoms with E-state index >= 15 is 0 Å². The Hall–Kier alpha value is -1.94. The normalized spacial score (nSPS) is 12.2. The van der Waals surface area contributed by atoms with Crippen LogP contribution in [0.2, 0.25) is 0 Å². The summed E-state index contributed by atoms with van der Waals surface area (Å²) in [7, 11) is 0. The van der Waals surface area contributed by atoms with Gasteiger partial charge >= 0.3 is 0 Å². The van der Waals surface area contributed by atoms with E-state index in [1.807, 2.05) is 38.1 Å². The van der Waals surface area contributed by atoms with Gasteiger partial charge in [0.2, 0.25) is 0 Å². The third-order valence-corrected chi connectivity index (χ3v) is 2.41. The molecule has 17 heavy (non-hydrogen) atoms. The number of nitrogens with two attached hydrogens (primary N) is 1. The van der Waals surface area contributed by atoms with Gasteiger partial charge in [0.25, 0.3) is 0 Å². The van der Waals surface area contributed by atoms with Crippen LogP contribution in [-0.4, -0.2) is 9.97 Å². The highest BCUT2D eigenvalue weighted by molar-refractivity contribution is 5.32. The number of pyridine rings is 2. The van der Waals surface area contributed by atoms with E-state index in [2.05, 4.69) is 9.97 Å². The van der Waals surface area contributed by atoms with Gasteiger partial charge in [-0.2, -0.15) is 0 Å². The highest BCUT2D eigenvalue weighted by Gasteiger charge is 2.04. The molecule has 0 saturated heterocycles. The van der Waals surface area contributed by atoms with E-state index in [1.54, 1.807) is 12.4 Å². The first-order valence-electron chi connectivity index (χ1n) is 5.48. The number of nitrogens with zero attached hydrogens (tertiary/aromatic N) is 2. The highest BCUT2D eigenvalue weighted by atomic mass is 16.5. The monoisotopic (exact) mass is 229 g/mol. The average molecular weight is 229 g/mol. The molecule has 0 fully saturated rings. The Bertz CT molecular complexity index is 494. The lowest BCUT2D eigenvalue weighted by Gasteiger charge is -2.09. The van der Waals surface area contributed by atoms with Gasteiger partial charge in [-0.15, -0.1) is 0 Å². The number of aryl methyl sites for hydroxylation is 1. The second kappa shape index (κ2) is 4.93. The van der Waals surface area contributed by atoms with Crippen molar-refractivity contribution in [3.05, 3.63) is 48.0 Å². The zero-order valence-electron chi connectivity index (χ0n) is 9.92. The topological polar surface area (TPSA) is 61.0 Å². The number of ether oxygens (including phenoxy) is 1. The summed E-state index contributed by atoms with van der Waals surface area (Å²) in [5.74, 6) is 1.42. The van der Waals surface area contributed by atoms with Crippen molar-refractivity contribution >= 4 is 0 Å². The zero-order chi connectivity index (χ0) is 12.3. The van der Waals surface area contributed by atoms with Crippen LogP contribution >= 0.6 is 0 Å². The van der Waals surface area contributed by atoms with Gasteiger partial charge in [-0.05, 0) is 38.1 Å². The van der Waals surface area contributed by atoms with Crippen LogP contribution in [0.1, 0.15) is 24.4 Å². The number of hydrogen-bond acceptors (Lipinski definition) is 4. The summed E-state index contributed by atoms with van der Waals surface area (Å²) in [6.07, 6.45) is 3.41. The summed E-state index contributed by atoms with van der Waals surface area (Å²) in [5.41, 5.74) is 7.43. The molecule has 4 heteroatoms. The van der Waals surface area contributed by atoms with Crippen LogP contribution in [0.5, 0.6) is 11.5 Å². The molecule has 0 aromatic carbocycles. The van der Waals surface area contributed by atoms with Crippen molar-refractivity contribution in [1.29, 1.82) is 0 Å². The van der Waals surface area contributed by atoms with Gasteiger partial charge in [-0.1, -0.05) is 0 Å². The summed E-state index contributed by atoms with van der Waals surface area (Å²) in [5, 5.41) is 0. The molecule has 0 radical (unpaired) electrons. The fourth-order valence-corrected chi connectivity index (χ4v) is 1.43. The molecule has 88 valence electrons. The summed E-state index contributed by atoms with van der Waals surface area (Å²) < 4.78 is 5.68. The van der Waals surface area contributed by atoms with Crippen molar-refractivity contribution in [2.75, 3.05) is 0 Å². The predicted octanol–water partition coefficient (Wildman–Crippen LogP) is 2.60. The molecule has 1 atom stereocenters. The summed E-state index contributed by atoms with van der Waals surface area (Å²) in [6, 6.07) is 7.38. The molecule has 2 N–H and O–H groups in total. The lowest BCUT2D eigenvalue weighted by molar-refractivity contribution is 0.472. The van der Waals surface area contributed by atoms with Crippen LogP contribution in [0, 0.1) is 6.92 Å². The van der Waals surface area contributed by atoms with Crippen molar-refractivity contribution < 1.29 is 4.74 Å². The molecular formula is C13H15N3O. The van der Waals surface area contributed by atoms with Crippen molar-refractivity contribution in [3.63, 3.8) is 0 Å². The highest BCUT2D eigenvalue weighted by Crippen LogP contribution is 2.23. The van der Waals surface area contributed by atoms with Crippen LogP contribution < -0.4 is 10.5 Å². The van der Waals surface area contributed by atoms with E-state index in [0.29, 0.717) is 5.75 Å². The Kier molecular flexibility index (Phi) is 3.35. The van der Waals surface area contributed by atoms with Crippen LogP contribution in [0.25, 0.3) is 0 Å². The van der Waals surface area contributed by atoms with E-state index in [9.17, 15) is 0 Å². The van der Waals surface area contributed by atoms with E-state index in [1.165, 1.54) is 0 Å². The minimum atomic E-state index is -0.0656. The first kappa shape index (κ1) is 11.5. The molecule has 4 nitrogen and oxygen atoms in total. The molecule has 2 aromatic rings. The fraction of sp³-hybridized carbons (Fsp3) is 0.231. The van der Waals surface area contributed by atoms with Gasteiger partial charge in [0.05, 0.1) is 17.6 Å². The van der Waals surface area contributed by atoms with Crippen molar-refractivity contribution in [1.82, 2.24) is 9.97 Å². The van der Waals surface area contributed by atoms with E-state index < -0.39 is 0 Å². The molecular weight excluding hydrogens is 214 g/mol. The summed E-state index contributed by atoms with van der Waals surface area (Å²) in [6.45, 7) is 3.80. The number of hydrogen-bond donors (Lipinski definition) is 1. The average Bonchev–Trinajstić information content (AvgIpc) is 2.33. The molecule has 1 unspecified atom stereocenters. The van der Waals surface area contributed by atoms with E-state index in [-0.39, 0.29) is 6.04 Å². The molecule has 2 aromatic heterocycles. The SMILES string of the molecule is Cc1ncccc1Oc1ccc(C(C)N)nc1. The third kappa shape index (κ3) is 2.79. The molecule has 2 rings (SSSR count). The predicted molar refractivity (Wildman–Crippen MR) is 65.9 cm³/mol. The van der Waals surface area contributed by atoms with Gasteiger partial charge in [-0.25, -0.2) is 0 Å². The van der Waals surface area contributed by atoms with Gasteiger partial charge in [0.1, 0.15) is 11.5 Å². The molecule has 0 saturated carbocycles.